The van der Waals surface area contributed by atoms with Crippen molar-refractivity contribution < 1.29 is 2.82 Å². The molecule has 0 aliphatic carbocycles. The largest absolute Gasteiger partial charge is 0.354 e. The predicted octanol–water partition coefficient (Wildman–Crippen LogP) is 11.3. The van der Waals surface area contributed by atoms with E-state index in [0.717, 1.165) is 67.3 Å². The zero-order valence-corrected chi connectivity index (χ0v) is 26.0. The van der Waals surface area contributed by atoms with E-state index in [2.05, 4.69) is 48.5 Å². The lowest BCUT2D eigenvalue weighted by Crippen LogP contribution is -1.89. The number of nitrogens with zero attached hydrogens (tertiary/aromatic N) is 2. The molecule has 4 nitrogen and oxygen atoms in total. The van der Waals surface area contributed by atoms with Crippen molar-refractivity contribution >= 4 is 46.4 Å². The molecule has 4 heteroatoms. The number of aromatic amines is 2. The maximum Gasteiger partial charge on any atom is 0.167 e. The SMILES string of the molecule is [2H]n1c2ccc1c(-c1ccccc1)c1nc([12c](-c3ccccc3)c3ccc(c(-c4ccccc4)c4nc(c2-c2ccccc2)C=C4)n3[2H])C=C1. The van der Waals surface area contributed by atoms with Crippen molar-refractivity contribution in [2.45, 2.75) is 0 Å². The van der Waals surface area contributed by atoms with Gasteiger partial charge in [-0.2, -0.15) is 0 Å². The number of H-pyrrole nitrogens is 2. The molecule has 2 N–H and O–H groups in total. The standard InChI is InChI=1S/C44H30N4/c1-5-13-29(14-6-1)41-33-21-23-35(45-33)42(30-15-7-2-8-16-30)37-25-27-39(47-37)44(32-19-11-4-12-20-32)40-28-26-38(48-40)43(31-17-9-3-10-18-31)36-24-22-34(41)46-36/h1-28,45,48H/i41+0/hD2. The van der Waals surface area contributed by atoms with E-state index in [1.807, 2.05) is 121 Å². The average molecular weight is 617 g/mol. The second-order valence-corrected chi connectivity index (χ2v) is 11.8. The number of nitrogens with one attached hydrogen (secondary N) is 2. The van der Waals surface area contributed by atoms with Gasteiger partial charge in [-0.1, -0.05) is 121 Å². The molecule has 226 valence electrons. The number of rotatable bonds is 4. The number of hydrogen-bond acceptors (Lipinski definition) is 2. The third kappa shape index (κ3) is 4.88. The van der Waals surface area contributed by atoms with E-state index in [9.17, 15) is 2.82 Å². The van der Waals surface area contributed by atoms with Crippen molar-refractivity contribution in [1.29, 1.82) is 0 Å². The van der Waals surface area contributed by atoms with Gasteiger partial charge in [0.15, 0.2) is 2.82 Å². The molecule has 5 heterocycles. The van der Waals surface area contributed by atoms with Crippen molar-refractivity contribution in [3.8, 4) is 44.5 Å². The molecule has 9 rings (SSSR count). The molecular formula is C44H30N4. The minimum absolute atomic E-state index is 0.715. The number of fused-ring (bicyclic) bond motifs is 8. The van der Waals surface area contributed by atoms with Gasteiger partial charge < -0.3 is 9.95 Å². The van der Waals surface area contributed by atoms with E-state index in [-0.39, 0.29) is 0 Å². The highest BCUT2D eigenvalue weighted by atomic mass is 14.8. The molecule has 8 bridgehead atoms. The number of benzene rings is 4. The molecule has 0 unspecified atom stereocenters. The predicted molar refractivity (Wildman–Crippen MR) is 201 cm³/mol. The molecule has 48 heavy (non-hydrogen) atoms. The first kappa shape index (κ1) is 25.6. The molecule has 0 spiro atoms. The summed E-state index contributed by atoms with van der Waals surface area (Å²) in [6, 6.07) is 48.6. The normalized spacial score (nSPS) is 12.6. The summed E-state index contributed by atoms with van der Waals surface area (Å²) < 4.78 is 19.3. The third-order valence-electron chi connectivity index (χ3n) is 8.86. The van der Waals surface area contributed by atoms with Crippen molar-refractivity contribution in [1.82, 2.24) is 19.9 Å². The van der Waals surface area contributed by atoms with Crippen LogP contribution in [0.4, 0.5) is 0 Å². The highest BCUT2D eigenvalue weighted by molar-refractivity contribution is 5.99. The Morgan fingerprint density at radius 1 is 0.312 bits per heavy atom. The van der Waals surface area contributed by atoms with Crippen LogP contribution in [0, 0.1) is 0 Å². The Morgan fingerprint density at radius 2 is 0.542 bits per heavy atom. The average Bonchev–Trinajstić information content (AvgIpc) is 3.98. The van der Waals surface area contributed by atoms with E-state index in [1.54, 1.807) is 0 Å². The van der Waals surface area contributed by atoms with Crippen LogP contribution in [0.2, 0.25) is 2.82 Å². The summed E-state index contributed by atoms with van der Waals surface area (Å²) in [6.45, 7) is 0. The van der Waals surface area contributed by atoms with Gasteiger partial charge in [-0.15, -0.1) is 0 Å². The van der Waals surface area contributed by atoms with Gasteiger partial charge in [0, 0.05) is 44.3 Å². The van der Waals surface area contributed by atoms with Crippen LogP contribution in [-0.4, -0.2) is 19.9 Å². The van der Waals surface area contributed by atoms with Gasteiger partial charge in [0.1, 0.15) is 0 Å². The molecule has 0 fully saturated rings. The van der Waals surface area contributed by atoms with Crippen LogP contribution >= 0.6 is 0 Å². The first-order valence-electron chi connectivity index (χ1n) is 17.0. The second kappa shape index (κ2) is 11.7. The molecule has 4 aromatic carbocycles. The van der Waals surface area contributed by atoms with Crippen LogP contribution in [0.5, 0.6) is 0 Å². The summed E-state index contributed by atoms with van der Waals surface area (Å²) in [7, 11) is 0. The van der Waals surface area contributed by atoms with Crippen LogP contribution in [0.3, 0.4) is 0 Å². The maximum absolute atomic E-state index is 9.64. The van der Waals surface area contributed by atoms with E-state index in [4.69, 9.17) is 9.97 Å². The molecule has 0 amide bonds. The van der Waals surface area contributed by atoms with Crippen LogP contribution in [0.15, 0.2) is 146 Å². The minimum Gasteiger partial charge on any atom is -0.354 e. The van der Waals surface area contributed by atoms with Crippen molar-refractivity contribution in [2.75, 3.05) is 0 Å². The summed E-state index contributed by atoms with van der Waals surface area (Å²) >= 11 is 0. The summed E-state index contributed by atoms with van der Waals surface area (Å²) in [5.41, 5.74) is 13.1. The van der Waals surface area contributed by atoms with Crippen LogP contribution in [-0.2, 0) is 0 Å². The Hall–Kier alpha value is -6.52. The lowest BCUT2D eigenvalue weighted by Gasteiger charge is -2.07. The topological polar surface area (TPSA) is 57.4 Å². The molecule has 7 aromatic rings. The molecule has 2 aliphatic heterocycles. The molecule has 2 aliphatic rings. The van der Waals surface area contributed by atoms with Crippen molar-refractivity contribution in [3.63, 3.8) is 0 Å². The molecule has 0 saturated carbocycles. The smallest absolute Gasteiger partial charge is 0.167 e. The Balaban J connectivity index is 1.53. The van der Waals surface area contributed by atoms with Gasteiger partial charge in [0.05, 0.1) is 22.8 Å². The minimum atomic E-state index is 0.715. The third-order valence-corrected chi connectivity index (χ3v) is 8.86. The van der Waals surface area contributed by atoms with E-state index in [1.165, 1.54) is 9.95 Å². The molecule has 0 saturated heterocycles. The van der Waals surface area contributed by atoms with Gasteiger partial charge in [-0.3, -0.25) is 0 Å². The Bertz CT molecular complexity index is 2280. The maximum atomic E-state index is 9.64. The molecular weight excluding hydrogens is 585 g/mol. The number of hydrogen-bond donors (Lipinski definition) is 2. The van der Waals surface area contributed by atoms with Crippen LogP contribution in [0.25, 0.3) is 90.9 Å². The second-order valence-electron chi connectivity index (χ2n) is 11.8. The van der Waals surface area contributed by atoms with Crippen LogP contribution in [0.1, 0.15) is 22.8 Å². The van der Waals surface area contributed by atoms with Gasteiger partial charge >= 0.3 is 0 Å². The lowest BCUT2D eigenvalue weighted by molar-refractivity contribution is 1.31. The lowest BCUT2D eigenvalue weighted by atomic mass is 10.0. The highest BCUT2D eigenvalue weighted by Crippen LogP contribution is 2.38. The summed E-state index contributed by atoms with van der Waals surface area (Å²) in [5, 5.41) is 0. The summed E-state index contributed by atoms with van der Waals surface area (Å²) in [4.78, 5) is 13.6. The first-order valence-corrected chi connectivity index (χ1v) is 16.1. The van der Waals surface area contributed by atoms with E-state index < -0.39 is 0 Å². The summed E-state index contributed by atoms with van der Waals surface area (Å²) in [6.07, 6.45) is 8.10. The molecule has 3 aromatic heterocycles. The fourth-order valence-corrected chi connectivity index (χ4v) is 6.69. The van der Waals surface area contributed by atoms with Gasteiger partial charge in [-0.25, -0.2) is 9.97 Å². The first-order chi connectivity index (χ1) is 24.7. The summed E-state index contributed by atoms with van der Waals surface area (Å²) in [5.74, 6) is 0. The molecule has 0 atom stereocenters. The van der Waals surface area contributed by atoms with E-state index >= 15 is 0 Å². The molecule has 0 radical (unpaired) electrons. The zero-order valence-electron chi connectivity index (χ0n) is 28.0. The highest BCUT2D eigenvalue weighted by Gasteiger charge is 2.18. The quantitative estimate of drug-likeness (QED) is 0.207. The Kier molecular flexibility index (Phi) is 6.24. The fourth-order valence-electron chi connectivity index (χ4n) is 6.69. The van der Waals surface area contributed by atoms with Crippen molar-refractivity contribution in [3.05, 3.63) is 168 Å². The van der Waals surface area contributed by atoms with E-state index in [0.29, 0.717) is 22.1 Å². The Morgan fingerprint density at radius 3 is 0.771 bits per heavy atom. The van der Waals surface area contributed by atoms with Crippen LogP contribution < -0.4 is 0 Å². The monoisotopic (exact) mass is 616 g/mol. The van der Waals surface area contributed by atoms with Gasteiger partial charge in [0.2, 0.25) is 0 Å². The van der Waals surface area contributed by atoms with Gasteiger partial charge in [-0.05, 0) is 70.8 Å². The number of aromatic nitrogens is 4. The van der Waals surface area contributed by atoms with Crippen molar-refractivity contribution in [2.24, 2.45) is 0 Å². The zero-order chi connectivity index (χ0) is 33.6. The Labute approximate surface area is 281 Å². The van der Waals surface area contributed by atoms with Gasteiger partial charge in [0.25, 0.3) is 0 Å². The fraction of sp³-hybridized carbons (Fsp3) is 0.